The standard InChI is InChI=1S/C16H13NO5/c1-10-5-6-14(18)13(7-10)16(20)9-15(19)11-3-2-4-12(8-11)17(21)22/h2-8,18H,9H2,1H3. The van der Waals surface area contributed by atoms with Gasteiger partial charge in [0.1, 0.15) is 5.75 Å². The summed E-state index contributed by atoms with van der Waals surface area (Å²) in [6.45, 7) is 1.76. The molecule has 0 fully saturated rings. The summed E-state index contributed by atoms with van der Waals surface area (Å²) in [5.74, 6) is -1.25. The molecule has 0 amide bonds. The van der Waals surface area contributed by atoms with Crippen LogP contribution in [0, 0.1) is 17.0 Å². The minimum atomic E-state index is -0.606. The Kier molecular flexibility index (Phi) is 4.31. The topological polar surface area (TPSA) is 97.5 Å². The number of non-ortho nitro benzene ring substituents is 1. The van der Waals surface area contributed by atoms with Crippen molar-refractivity contribution in [3.05, 3.63) is 69.3 Å². The van der Waals surface area contributed by atoms with Gasteiger partial charge in [0.15, 0.2) is 11.6 Å². The quantitative estimate of drug-likeness (QED) is 0.396. The lowest BCUT2D eigenvalue weighted by Gasteiger charge is -2.05. The number of aromatic hydroxyl groups is 1. The lowest BCUT2D eigenvalue weighted by atomic mass is 9.99. The van der Waals surface area contributed by atoms with Gasteiger partial charge in [-0.25, -0.2) is 0 Å². The van der Waals surface area contributed by atoms with Gasteiger partial charge in [-0.2, -0.15) is 0 Å². The van der Waals surface area contributed by atoms with Gasteiger partial charge in [-0.3, -0.25) is 19.7 Å². The zero-order chi connectivity index (χ0) is 16.3. The Balaban J connectivity index is 2.21. The fraction of sp³-hybridized carbons (Fsp3) is 0.125. The van der Waals surface area contributed by atoms with Crippen LogP contribution in [0.1, 0.15) is 32.7 Å². The van der Waals surface area contributed by atoms with Gasteiger partial charge in [-0.15, -0.1) is 0 Å². The third-order valence-electron chi connectivity index (χ3n) is 3.15. The van der Waals surface area contributed by atoms with Crippen molar-refractivity contribution in [2.45, 2.75) is 13.3 Å². The molecule has 0 saturated carbocycles. The van der Waals surface area contributed by atoms with Gasteiger partial charge in [0, 0.05) is 17.7 Å². The maximum absolute atomic E-state index is 12.1. The first-order chi connectivity index (χ1) is 10.4. The maximum atomic E-state index is 12.1. The highest BCUT2D eigenvalue weighted by molar-refractivity contribution is 6.14. The Labute approximate surface area is 126 Å². The van der Waals surface area contributed by atoms with Crippen molar-refractivity contribution in [3.8, 4) is 5.75 Å². The molecule has 6 heteroatoms. The zero-order valence-corrected chi connectivity index (χ0v) is 11.8. The minimum absolute atomic E-state index is 0.0683. The maximum Gasteiger partial charge on any atom is 0.270 e. The van der Waals surface area contributed by atoms with E-state index in [0.717, 1.165) is 11.6 Å². The number of phenolic OH excluding ortho intramolecular Hbond substituents is 1. The molecule has 0 bridgehead atoms. The Morgan fingerprint density at radius 1 is 1.14 bits per heavy atom. The molecule has 0 atom stereocenters. The average Bonchev–Trinajstić information content (AvgIpc) is 2.49. The molecular weight excluding hydrogens is 286 g/mol. The van der Waals surface area contributed by atoms with Crippen LogP contribution in [0.15, 0.2) is 42.5 Å². The Bertz CT molecular complexity index is 767. The number of rotatable bonds is 5. The van der Waals surface area contributed by atoms with Gasteiger partial charge < -0.3 is 5.11 Å². The summed E-state index contributed by atoms with van der Waals surface area (Å²) in [6.07, 6.45) is -0.460. The first-order valence-corrected chi connectivity index (χ1v) is 6.49. The predicted octanol–water partition coefficient (Wildman–Crippen LogP) is 3.06. The molecular formula is C16H13NO5. The Hall–Kier alpha value is -3.02. The van der Waals surface area contributed by atoms with Crippen LogP contribution >= 0.6 is 0 Å². The van der Waals surface area contributed by atoms with Crippen LogP contribution in [0.4, 0.5) is 5.69 Å². The number of nitrogens with zero attached hydrogens (tertiary/aromatic N) is 1. The number of nitro groups is 1. The summed E-state index contributed by atoms with van der Waals surface area (Å²) in [5.41, 5.74) is 0.731. The van der Waals surface area contributed by atoms with Crippen LogP contribution < -0.4 is 0 Å². The lowest BCUT2D eigenvalue weighted by molar-refractivity contribution is -0.384. The van der Waals surface area contributed by atoms with Crippen LogP contribution in [0.25, 0.3) is 0 Å². The van der Waals surface area contributed by atoms with E-state index in [9.17, 15) is 24.8 Å². The third-order valence-corrected chi connectivity index (χ3v) is 3.15. The summed E-state index contributed by atoms with van der Waals surface area (Å²) in [5, 5.41) is 20.4. The first-order valence-electron chi connectivity index (χ1n) is 6.49. The van der Waals surface area contributed by atoms with Crippen LogP contribution in [-0.2, 0) is 0 Å². The number of carbonyl (C=O) groups is 2. The van der Waals surface area contributed by atoms with Gasteiger partial charge in [-0.05, 0) is 19.1 Å². The van der Waals surface area contributed by atoms with Crippen molar-refractivity contribution in [3.63, 3.8) is 0 Å². The molecule has 2 aromatic rings. The van der Waals surface area contributed by atoms with Gasteiger partial charge in [0.2, 0.25) is 0 Å². The molecule has 0 aliphatic rings. The van der Waals surface area contributed by atoms with E-state index >= 15 is 0 Å². The van der Waals surface area contributed by atoms with E-state index in [0.29, 0.717) is 0 Å². The monoisotopic (exact) mass is 299 g/mol. The number of phenols is 1. The van der Waals surface area contributed by atoms with Crippen molar-refractivity contribution in [2.24, 2.45) is 0 Å². The van der Waals surface area contributed by atoms with Crippen LogP contribution in [0.3, 0.4) is 0 Å². The molecule has 2 aromatic carbocycles. The van der Waals surface area contributed by atoms with E-state index in [-0.39, 0.29) is 22.6 Å². The molecule has 22 heavy (non-hydrogen) atoms. The average molecular weight is 299 g/mol. The molecule has 2 rings (SSSR count). The van der Waals surface area contributed by atoms with Crippen LogP contribution in [0.2, 0.25) is 0 Å². The number of aryl methyl sites for hydroxylation is 1. The Morgan fingerprint density at radius 3 is 2.55 bits per heavy atom. The fourth-order valence-corrected chi connectivity index (χ4v) is 2.01. The zero-order valence-electron chi connectivity index (χ0n) is 11.8. The fourth-order valence-electron chi connectivity index (χ4n) is 2.01. The number of hydrogen-bond acceptors (Lipinski definition) is 5. The largest absolute Gasteiger partial charge is 0.507 e. The number of benzene rings is 2. The number of Topliss-reactive ketones (excluding diaryl/α,β-unsaturated/α-hetero) is 2. The second-order valence-corrected chi connectivity index (χ2v) is 4.85. The summed E-state index contributed by atoms with van der Waals surface area (Å²) in [6, 6.07) is 9.74. The van der Waals surface area contributed by atoms with E-state index in [1.807, 2.05) is 0 Å². The molecule has 0 radical (unpaired) electrons. The second kappa shape index (κ2) is 6.17. The van der Waals surface area contributed by atoms with Gasteiger partial charge in [0.25, 0.3) is 5.69 Å². The SMILES string of the molecule is Cc1ccc(O)c(C(=O)CC(=O)c2cccc([N+](=O)[O-])c2)c1. The minimum Gasteiger partial charge on any atom is -0.507 e. The predicted molar refractivity (Wildman–Crippen MR) is 79.2 cm³/mol. The van der Waals surface area contributed by atoms with Gasteiger partial charge >= 0.3 is 0 Å². The van der Waals surface area contributed by atoms with Crippen molar-refractivity contribution in [2.75, 3.05) is 0 Å². The summed E-state index contributed by atoms with van der Waals surface area (Å²) < 4.78 is 0. The van der Waals surface area contributed by atoms with E-state index in [4.69, 9.17) is 0 Å². The highest BCUT2D eigenvalue weighted by atomic mass is 16.6. The van der Waals surface area contributed by atoms with E-state index in [2.05, 4.69) is 0 Å². The molecule has 112 valence electrons. The molecule has 0 unspecified atom stereocenters. The second-order valence-electron chi connectivity index (χ2n) is 4.85. The molecule has 0 aromatic heterocycles. The molecule has 0 aliphatic heterocycles. The molecule has 0 spiro atoms. The summed E-state index contributed by atoms with van der Waals surface area (Å²) in [7, 11) is 0. The third kappa shape index (κ3) is 3.35. The van der Waals surface area contributed by atoms with Crippen LogP contribution in [0.5, 0.6) is 5.75 Å². The van der Waals surface area contributed by atoms with E-state index in [1.165, 1.54) is 30.3 Å². The highest BCUT2D eigenvalue weighted by Crippen LogP contribution is 2.21. The number of nitro benzene ring substituents is 1. The molecule has 0 heterocycles. The van der Waals surface area contributed by atoms with Crippen molar-refractivity contribution >= 4 is 17.3 Å². The van der Waals surface area contributed by atoms with Crippen molar-refractivity contribution in [1.82, 2.24) is 0 Å². The van der Waals surface area contributed by atoms with E-state index < -0.39 is 22.9 Å². The number of carbonyl (C=O) groups excluding carboxylic acids is 2. The lowest BCUT2D eigenvalue weighted by Crippen LogP contribution is -2.09. The van der Waals surface area contributed by atoms with Gasteiger partial charge in [0.05, 0.1) is 16.9 Å². The van der Waals surface area contributed by atoms with E-state index in [1.54, 1.807) is 13.0 Å². The molecule has 6 nitrogen and oxygen atoms in total. The molecule has 0 aliphatic carbocycles. The Morgan fingerprint density at radius 2 is 1.86 bits per heavy atom. The number of hydrogen-bond donors (Lipinski definition) is 1. The molecule has 0 saturated heterocycles. The summed E-state index contributed by atoms with van der Waals surface area (Å²) in [4.78, 5) is 34.3. The smallest absolute Gasteiger partial charge is 0.270 e. The first kappa shape index (κ1) is 15.4. The highest BCUT2D eigenvalue weighted by Gasteiger charge is 2.18. The normalized spacial score (nSPS) is 10.2. The van der Waals surface area contributed by atoms with Gasteiger partial charge in [-0.1, -0.05) is 23.8 Å². The summed E-state index contributed by atoms with van der Waals surface area (Å²) >= 11 is 0. The molecule has 1 N–H and O–H groups in total. The van der Waals surface area contributed by atoms with Crippen LogP contribution in [-0.4, -0.2) is 21.6 Å². The number of ketones is 2. The van der Waals surface area contributed by atoms with Crippen molar-refractivity contribution in [1.29, 1.82) is 0 Å². The van der Waals surface area contributed by atoms with Crippen molar-refractivity contribution < 1.29 is 19.6 Å².